The molecule has 2 aromatic rings. The summed E-state index contributed by atoms with van der Waals surface area (Å²) in [5.41, 5.74) is 3.59. The number of rotatable bonds is 7. The van der Waals surface area contributed by atoms with Crippen molar-refractivity contribution in [2.45, 2.75) is 59.8 Å². The van der Waals surface area contributed by atoms with Crippen LogP contribution in [-0.4, -0.2) is 19.6 Å². The normalized spacial score (nSPS) is 11.4. The molecule has 2 rings (SSSR count). The van der Waals surface area contributed by atoms with Gasteiger partial charge in [-0.1, -0.05) is 6.92 Å². The summed E-state index contributed by atoms with van der Waals surface area (Å²) in [5.74, 6) is 0. The van der Waals surface area contributed by atoms with Crippen molar-refractivity contribution in [1.82, 2.24) is 24.9 Å². The molecule has 0 aliphatic heterocycles. The van der Waals surface area contributed by atoms with Gasteiger partial charge in [-0.15, -0.1) is 0 Å². The van der Waals surface area contributed by atoms with E-state index in [2.05, 4.69) is 54.0 Å². The van der Waals surface area contributed by atoms with Crippen molar-refractivity contribution in [2.75, 3.05) is 0 Å². The second kappa shape index (κ2) is 6.70. The van der Waals surface area contributed by atoms with Gasteiger partial charge in [0.1, 0.15) is 0 Å². The maximum atomic E-state index is 4.52. The van der Waals surface area contributed by atoms with Crippen LogP contribution in [0.2, 0.25) is 0 Å². The molecule has 0 aromatic carbocycles. The Kier molecular flexibility index (Phi) is 4.95. The number of hydrogen-bond acceptors (Lipinski definition) is 3. The van der Waals surface area contributed by atoms with Gasteiger partial charge in [0.2, 0.25) is 0 Å². The van der Waals surface area contributed by atoms with Gasteiger partial charge in [-0.3, -0.25) is 9.36 Å². The van der Waals surface area contributed by atoms with Crippen LogP contribution in [0.4, 0.5) is 0 Å². The fourth-order valence-electron chi connectivity index (χ4n) is 2.33. The van der Waals surface area contributed by atoms with E-state index in [4.69, 9.17) is 0 Å². The van der Waals surface area contributed by atoms with Gasteiger partial charge >= 0.3 is 0 Å². The third-order valence-electron chi connectivity index (χ3n) is 3.41. The Morgan fingerprint density at radius 2 is 2.10 bits per heavy atom. The number of aromatic nitrogens is 4. The van der Waals surface area contributed by atoms with Crippen molar-refractivity contribution in [3.63, 3.8) is 0 Å². The maximum Gasteiger partial charge on any atom is 0.0762 e. The van der Waals surface area contributed by atoms with E-state index in [-0.39, 0.29) is 0 Å². The topological polar surface area (TPSA) is 47.7 Å². The van der Waals surface area contributed by atoms with Crippen molar-refractivity contribution in [1.29, 1.82) is 0 Å². The Hall–Kier alpha value is -1.62. The summed E-state index contributed by atoms with van der Waals surface area (Å²) in [6, 6.07) is 2.49. The molecular formula is C15H25N5. The first-order chi connectivity index (χ1) is 9.61. The zero-order chi connectivity index (χ0) is 14.5. The summed E-state index contributed by atoms with van der Waals surface area (Å²) in [6.45, 7) is 11.2. The highest BCUT2D eigenvalue weighted by Crippen LogP contribution is 2.12. The molecule has 0 radical (unpaired) electrons. The summed E-state index contributed by atoms with van der Waals surface area (Å²) in [6.07, 6.45) is 5.11. The molecule has 0 aliphatic carbocycles. The third kappa shape index (κ3) is 3.48. The van der Waals surface area contributed by atoms with E-state index in [9.17, 15) is 0 Å². The Labute approximate surface area is 121 Å². The van der Waals surface area contributed by atoms with Gasteiger partial charge in [0.25, 0.3) is 0 Å². The maximum absolute atomic E-state index is 4.52. The molecule has 0 atom stereocenters. The van der Waals surface area contributed by atoms with E-state index < -0.39 is 0 Å². The first-order valence-electron chi connectivity index (χ1n) is 7.37. The Morgan fingerprint density at radius 1 is 1.30 bits per heavy atom. The summed E-state index contributed by atoms with van der Waals surface area (Å²) in [4.78, 5) is 0. The van der Waals surface area contributed by atoms with Crippen LogP contribution in [0, 0.1) is 6.92 Å². The highest BCUT2D eigenvalue weighted by atomic mass is 15.3. The molecule has 0 saturated carbocycles. The molecule has 1 N–H and O–H groups in total. The molecule has 2 aromatic heterocycles. The summed E-state index contributed by atoms with van der Waals surface area (Å²) in [7, 11) is 0. The molecule has 20 heavy (non-hydrogen) atoms. The standard InChI is InChI=1S/C15H25N5/c1-5-7-19-8-6-15(18-19)11-16-9-14-10-17-20(12(2)3)13(14)4/h6,8,10,12,16H,5,7,9,11H2,1-4H3. The monoisotopic (exact) mass is 275 g/mol. The van der Waals surface area contributed by atoms with E-state index in [0.717, 1.165) is 31.7 Å². The fourth-order valence-corrected chi connectivity index (χ4v) is 2.33. The van der Waals surface area contributed by atoms with E-state index in [1.54, 1.807) is 0 Å². The quantitative estimate of drug-likeness (QED) is 0.845. The lowest BCUT2D eigenvalue weighted by molar-refractivity contribution is 0.517. The Morgan fingerprint density at radius 3 is 2.75 bits per heavy atom. The zero-order valence-electron chi connectivity index (χ0n) is 12.9. The van der Waals surface area contributed by atoms with Crippen LogP contribution >= 0.6 is 0 Å². The van der Waals surface area contributed by atoms with Crippen LogP contribution in [0.5, 0.6) is 0 Å². The number of nitrogens with zero attached hydrogens (tertiary/aromatic N) is 4. The predicted octanol–water partition coefficient (Wildman–Crippen LogP) is 2.67. The average molecular weight is 275 g/mol. The zero-order valence-corrected chi connectivity index (χ0v) is 12.9. The molecule has 5 nitrogen and oxygen atoms in total. The van der Waals surface area contributed by atoms with Gasteiger partial charge in [-0.2, -0.15) is 10.2 Å². The highest BCUT2D eigenvalue weighted by Gasteiger charge is 2.08. The average Bonchev–Trinajstić information content (AvgIpc) is 2.98. The van der Waals surface area contributed by atoms with Crippen molar-refractivity contribution in [3.05, 3.63) is 35.4 Å². The van der Waals surface area contributed by atoms with E-state index in [0.29, 0.717) is 6.04 Å². The molecule has 0 unspecified atom stereocenters. The van der Waals surface area contributed by atoms with Crippen molar-refractivity contribution in [2.24, 2.45) is 0 Å². The van der Waals surface area contributed by atoms with Gasteiger partial charge in [0.05, 0.1) is 11.9 Å². The lowest BCUT2D eigenvalue weighted by Gasteiger charge is -2.09. The SMILES string of the molecule is CCCn1ccc(CNCc2cnn(C(C)C)c2C)n1. The molecule has 5 heteroatoms. The highest BCUT2D eigenvalue weighted by molar-refractivity contribution is 5.16. The molecule has 0 aliphatic rings. The van der Waals surface area contributed by atoms with Crippen LogP contribution < -0.4 is 5.32 Å². The van der Waals surface area contributed by atoms with Crippen molar-refractivity contribution in [3.8, 4) is 0 Å². The van der Waals surface area contributed by atoms with Crippen LogP contribution in [0.3, 0.4) is 0 Å². The Bertz CT molecular complexity index is 538. The second-order valence-corrected chi connectivity index (χ2v) is 5.47. The van der Waals surface area contributed by atoms with Crippen molar-refractivity contribution >= 4 is 0 Å². The van der Waals surface area contributed by atoms with E-state index in [1.807, 2.05) is 17.1 Å². The van der Waals surface area contributed by atoms with Crippen LogP contribution in [0.25, 0.3) is 0 Å². The summed E-state index contributed by atoms with van der Waals surface area (Å²) < 4.78 is 4.06. The second-order valence-electron chi connectivity index (χ2n) is 5.47. The van der Waals surface area contributed by atoms with Crippen molar-refractivity contribution < 1.29 is 0 Å². The third-order valence-corrected chi connectivity index (χ3v) is 3.41. The first kappa shape index (κ1) is 14.8. The first-order valence-corrected chi connectivity index (χ1v) is 7.37. The molecular weight excluding hydrogens is 250 g/mol. The molecule has 0 saturated heterocycles. The molecule has 0 bridgehead atoms. The van der Waals surface area contributed by atoms with E-state index in [1.165, 1.54) is 11.3 Å². The Balaban J connectivity index is 1.86. The van der Waals surface area contributed by atoms with Gasteiger partial charge < -0.3 is 5.32 Å². The lowest BCUT2D eigenvalue weighted by Crippen LogP contribution is -2.14. The minimum atomic E-state index is 0.411. The van der Waals surface area contributed by atoms with Gasteiger partial charge in [-0.25, -0.2) is 0 Å². The van der Waals surface area contributed by atoms with Crippen LogP contribution in [0.15, 0.2) is 18.5 Å². The molecule has 0 fully saturated rings. The number of nitrogens with one attached hydrogen (secondary N) is 1. The van der Waals surface area contributed by atoms with Gasteiger partial charge in [-0.05, 0) is 33.3 Å². The van der Waals surface area contributed by atoms with E-state index >= 15 is 0 Å². The largest absolute Gasteiger partial charge is 0.307 e. The molecule has 0 amide bonds. The molecule has 0 spiro atoms. The molecule has 2 heterocycles. The summed E-state index contributed by atoms with van der Waals surface area (Å²) >= 11 is 0. The minimum absolute atomic E-state index is 0.411. The summed E-state index contributed by atoms with van der Waals surface area (Å²) in [5, 5.41) is 12.4. The smallest absolute Gasteiger partial charge is 0.0762 e. The number of hydrogen-bond donors (Lipinski definition) is 1. The number of aryl methyl sites for hydroxylation is 1. The molecule has 110 valence electrons. The van der Waals surface area contributed by atoms with Gasteiger partial charge in [0.15, 0.2) is 0 Å². The van der Waals surface area contributed by atoms with Crippen LogP contribution in [-0.2, 0) is 19.6 Å². The lowest BCUT2D eigenvalue weighted by atomic mass is 10.2. The fraction of sp³-hybridized carbons (Fsp3) is 0.600. The van der Waals surface area contributed by atoms with Gasteiger partial charge in [0, 0.05) is 43.1 Å². The van der Waals surface area contributed by atoms with Crippen LogP contribution in [0.1, 0.15) is 50.2 Å². The minimum Gasteiger partial charge on any atom is -0.307 e. The predicted molar refractivity (Wildman–Crippen MR) is 80.4 cm³/mol.